The Balaban J connectivity index is 1.03. The lowest BCUT2D eigenvalue weighted by Gasteiger charge is -2.10. The molecule has 3 nitrogen and oxygen atoms in total. The molecule has 236 valence electrons. The summed E-state index contributed by atoms with van der Waals surface area (Å²) in [6, 6.07) is 49.4. The van der Waals surface area contributed by atoms with Gasteiger partial charge in [0.05, 0.1) is 0 Å². The van der Waals surface area contributed by atoms with E-state index in [-0.39, 0.29) is 0 Å². The predicted octanol–water partition coefficient (Wildman–Crippen LogP) is 12.7. The molecule has 50 heavy (non-hydrogen) atoms. The van der Waals surface area contributed by atoms with Gasteiger partial charge in [0, 0.05) is 46.4 Å². The lowest BCUT2D eigenvalue weighted by molar-refractivity contribution is 1.01. The zero-order valence-corrected chi connectivity index (χ0v) is 28.6. The number of fused-ring (bicyclic) bond motifs is 6. The lowest BCUT2D eigenvalue weighted by Crippen LogP contribution is -2.00. The second kappa shape index (κ2) is 12.0. The molecule has 10 rings (SSSR count). The standard InChI is InChI=1S/C45H29N3S2/c1-3-11-28(12-4-1)43-46-44(29-13-5-2-6-14-29)48-45(47-43)34-18-10-17-32(24-34)30-15-9-16-31(23-30)33-21-22-40-36(25-33)38-27-41-37(26-42(38)50-40)35-19-7-8-20-39(35)49-41/h1-6,8-18,20-27H,7,19H2. The molecule has 3 heterocycles. The molecule has 0 radical (unpaired) electrons. The van der Waals surface area contributed by atoms with Crippen LogP contribution in [0.2, 0.25) is 0 Å². The van der Waals surface area contributed by atoms with Crippen molar-refractivity contribution in [2.45, 2.75) is 12.8 Å². The average molecular weight is 676 g/mol. The van der Waals surface area contributed by atoms with Crippen molar-refractivity contribution >= 4 is 59.0 Å². The van der Waals surface area contributed by atoms with Gasteiger partial charge in [0.2, 0.25) is 0 Å². The Morgan fingerprint density at radius 3 is 1.60 bits per heavy atom. The van der Waals surface area contributed by atoms with Crippen LogP contribution in [-0.2, 0) is 6.42 Å². The molecule has 0 spiro atoms. The number of benzene rings is 6. The molecule has 5 heteroatoms. The van der Waals surface area contributed by atoms with E-state index in [1.807, 2.05) is 83.3 Å². The van der Waals surface area contributed by atoms with Gasteiger partial charge in [0.15, 0.2) is 17.5 Å². The van der Waals surface area contributed by atoms with E-state index >= 15 is 0 Å². The number of allylic oxidation sites excluding steroid dienone is 1. The number of thiophene rings is 2. The SMILES string of the molecule is C1=Cc2sc3cc4c(cc3c2CC1)sc1ccc(-c2cccc(-c3cccc(-c5nc(-c6ccccc6)nc(-c6ccccc6)n5)c3)c2)cc14. The summed E-state index contributed by atoms with van der Waals surface area (Å²) in [6.45, 7) is 0. The maximum absolute atomic E-state index is 4.96. The maximum atomic E-state index is 4.96. The van der Waals surface area contributed by atoms with Gasteiger partial charge in [-0.25, -0.2) is 15.0 Å². The van der Waals surface area contributed by atoms with Gasteiger partial charge in [0.25, 0.3) is 0 Å². The molecule has 1 aliphatic rings. The molecule has 0 fully saturated rings. The van der Waals surface area contributed by atoms with Crippen molar-refractivity contribution in [1.29, 1.82) is 0 Å². The Morgan fingerprint density at radius 1 is 0.400 bits per heavy atom. The molecule has 0 saturated carbocycles. The van der Waals surface area contributed by atoms with Crippen molar-refractivity contribution in [3.8, 4) is 56.4 Å². The van der Waals surface area contributed by atoms with Crippen LogP contribution in [0.15, 0.2) is 146 Å². The molecule has 0 amide bonds. The van der Waals surface area contributed by atoms with E-state index in [0.29, 0.717) is 17.5 Å². The highest BCUT2D eigenvalue weighted by molar-refractivity contribution is 7.26. The van der Waals surface area contributed by atoms with Crippen molar-refractivity contribution in [2.75, 3.05) is 0 Å². The molecular weight excluding hydrogens is 647 g/mol. The van der Waals surface area contributed by atoms with E-state index in [1.165, 1.54) is 51.8 Å². The van der Waals surface area contributed by atoms with Crippen molar-refractivity contribution in [3.05, 3.63) is 156 Å². The summed E-state index contributed by atoms with van der Waals surface area (Å²) in [6.07, 6.45) is 6.90. The fourth-order valence-corrected chi connectivity index (χ4v) is 9.39. The minimum atomic E-state index is 0.655. The van der Waals surface area contributed by atoms with Gasteiger partial charge < -0.3 is 0 Å². The molecule has 9 aromatic rings. The van der Waals surface area contributed by atoms with Gasteiger partial charge in [-0.15, -0.1) is 22.7 Å². The zero-order chi connectivity index (χ0) is 33.0. The van der Waals surface area contributed by atoms with E-state index in [4.69, 9.17) is 15.0 Å². The largest absolute Gasteiger partial charge is 0.208 e. The molecule has 0 N–H and O–H groups in total. The highest BCUT2D eigenvalue weighted by Gasteiger charge is 2.17. The molecule has 1 aliphatic carbocycles. The summed E-state index contributed by atoms with van der Waals surface area (Å²) in [5.74, 6) is 1.98. The van der Waals surface area contributed by atoms with Crippen LogP contribution in [0.4, 0.5) is 0 Å². The second-order valence-corrected chi connectivity index (χ2v) is 14.9. The fourth-order valence-electron chi connectivity index (χ4n) is 7.08. The third-order valence-corrected chi connectivity index (χ3v) is 11.9. The first-order valence-electron chi connectivity index (χ1n) is 16.9. The first kappa shape index (κ1) is 29.2. The smallest absolute Gasteiger partial charge is 0.164 e. The van der Waals surface area contributed by atoms with E-state index in [1.54, 1.807) is 0 Å². The van der Waals surface area contributed by atoms with Crippen molar-refractivity contribution in [3.63, 3.8) is 0 Å². The molecule has 0 unspecified atom stereocenters. The molecule has 0 atom stereocenters. The minimum Gasteiger partial charge on any atom is -0.208 e. The third-order valence-electron chi connectivity index (χ3n) is 9.59. The van der Waals surface area contributed by atoms with Crippen LogP contribution in [0.5, 0.6) is 0 Å². The van der Waals surface area contributed by atoms with Gasteiger partial charge in [-0.05, 0) is 88.5 Å². The zero-order valence-electron chi connectivity index (χ0n) is 27.0. The maximum Gasteiger partial charge on any atom is 0.164 e. The first-order valence-corrected chi connectivity index (χ1v) is 18.5. The summed E-state index contributed by atoms with van der Waals surface area (Å²) >= 11 is 3.83. The summed E-state index contributed by atoms with van der Waals surface area (Å²) in [5, 5.41) is 4.12. The van der Waals surface area contributed by atoms with Gasteiger partial charge in [0.1, 0.15) is 0 Å². The van der Waals surface area contributed by atoms with Crippen LogP contribution in [-0.4, -0.2) is 15.0 Å². The molecular formula is C45H29N3S2. The normalized spacial score (nSPS) is 12.6. The average Bonchev–Trinajstić information content (AvgIpc) is 3.74. The van der Waals surface area contributed by atoms with E-state index in [2.05, 4.69) is 91.0 Å². The van der Waals surface area contributed by atoms with Crippen molar-refractivity contribution in [2.24, 2.45) is 0 Å². The summed E-state index contributed by atoms with van der Waals surface area (Å²) < 4.78 is 4.10. The van der Waals surface area contributed by atoms with Gasteiger partial charge >= 0.3 is 0 Å². The first-order chi connectivity index (χ1) is 24.7. The summed E-state index contributed by atoms with van der Waals surface area (Å²) in [4.78, 5) is 16.2. The highest BCUT2D eigenvalue weighted by atomic mass is 32.1. The Morgan fingerprint density at radius 2 is 0.920 bits per heavy atom. The number of rotatable bonds is 5. The third kappa shape index (κ3) is 5.14. The predicted molar refractivity (Wildman–Crippen MR) is 213 cm³/mol. The molecule has 6 aromatic carbocycles. The number of hydrogen-bond donors (Lipinski definition) is 0. The van der Waals surface area contributed by atoms with E-state index < -0.39 is 0 Å². The molecule has 0 aliphatic heterocycles. The van der Waals surface area contributed by atoms with Gasteiger partial charge in [-0.1, -0.05) is 109 Å². The highest BCUT2D eigenvalue weighted by Crippen LogP contribution is 2.43. The van der Waals surface area contributed by atoms with Crippen LogP contribution in [0.25, 0.3) is 92.8 Å². The monoisotopic (exact) mass is 675 g/mol. The number of nitrogens with zero attached hydrogens (tertiary/aromatic N) is 3. The summed E-state index contributed by atoms with van der Waals surface area (Å²) in [7, 11) is 0. The Kier molecular flexibility index (Phi) is 7.00. The van der Waals surface area contributed by atoms with Crippen LogP contribution in [0.3, 0.4) is 0 Å². The fraction of sp³-hybridized carbons (Fsp3) is 0.0444. The van der Waals surface area contributed by atoms with Crippen LogP contribution in [0.1, 0.15) is 16.9 Å². The van der Waals surface area contributed by atoms with E-state index in [9.17, 15) is 0 Å². The van der Waals surface area contributed by atoms with Gasteiger partial charge in [-0.3, -0.25) is 0 Å². The van der Waals surface area contributed by atoms with Crippen molar-refractivity contribution < 1.29 is 0 Å². The second-order valence-electron chi connectivity index (χ2n) is 12.7. The topological polar surface area (TPSA) is 38.7 Å². The summed E-state index contributed by atoms with van der Waals surface area (Å²) in [5.41, 5.74) is 9.09. The quantitative estimate of drug-likeness (QED) is 0.182. The Labute approximate surface area is 297 Å². The van der Waals surface area contributed by atoms with Crippen LogP contribution < -0.4 is 0 Å². The molecule has 0 bridgehead atoms. The lowest BCUT2D eigenvalue weighted by atomic mass is 9.96. The Bertz CT molecular complexity index is 2700. The number of aromatic nitrogens is 3. The molecule has 3 aromatic heterocycles. The minimum absolute atomic E-state index is 0.655. The van der Waals surface area contributed by atoms with E-state index in [0.717, 1.165) is 40.7 Å². The number of aryl methyl sites for hydroxylation is 1. The van der Waals surface area contributed by atoms with Crippen LogP contribution >= 0.6 is 22.7 Å². The van der Waals surface area contributed by atoms with Gasteiger partial charge in [-0.2, -0.15) is 0 Å². The molecule has 0 saturated heterocycles. The van der Waals surface area contributed by atoms with Crippen LogP contribution in [0, 0.1) is 0 Å². The van der Waals surface area contributed by atoms with Crippen molar-refractivity contribution in [1.82, 2.24) is 15.0 Å². The Hall–Kier alpha value is -5.75. The number of hydrogen-bond acceptors (Lipinski definition) is 5.